The first kappa shape index (κ1) is 13.6. The normalized spacial score (nSPS) is 14.7. The minimum atomic E-state index is -1.33. The highest BCUT2D eigenvalue weighted by Gasteiger charge is 2.32. The SMILES string of the molecule is CC(C)[C@H](N)C(=O)C(CC(=O)O)C(N)=O. The molecule has 0 radical (unpaired) electrons. The molecule has 5 N–H and O–H groups in total. The Morgan fingerprint density at radius 1 is 1.27 bits per heavy atom. The van der Waals surface area contributed by atoms with E-state index in [1.165, 1.54) is 0 Å². The van der Waals surface area contributed by atoms with E-state index in [2.05, 4.69) is 0 Å². The molecule has 15 heavy (non-hydrogen) atoms. The molecular formula is C9H16N2O4. The van der Waals surface area contributed by atoms with Crippen LogP contribution in [0.4, 0.5) is 0 Å². The number of aliphatic carboxylic acids is 1. The Balaban J connectivity index is 4.70. The molecule has 0 aliphatic heterocycles. The molecule has 0 rings (SSSR count). The van der Waals surface area contributed by atoms with Crippen LogP contribution >= 0.6 is 0 Å². The maximum atomic E-state index is 11.6. The molecule has 86 valence electrons. The molecule has 0 fully saturated rings. The molecule has 0 aromatic rings. The predicted molar refractivity (Wildman–Crippen MR) is 52.8 cm³/mol. The summed E-state index contributed by atoms with van der Waals surface area (Å²) in [6, 6.07) is -0.859. The summed E-state index contributed by atoms with van der Waals surface area (Å²) < 4.78 is 0. The van der Waals surface area contributed by atoms with E-state index >= 15 is 0 Å². The number of primary amides is 1. The fraction of sp³-hybridized carbons (Fsp3) is 0.667. The van der Waals surface area contributed by atoms with E-state index in [1.807, 2.05) is 0 Å². The van der Waals surface area contributed by atoms with Gasteiger partial charge in [0.2, 0.25) is 5.91 Å². The third-order valence-corrected chi connectivity index (χ3v) is 2.11. The maximum Gasteiger partial charge on any atom is 0.304 e. The van der Waals surface area contributed by atoms with Crippen LogP contribution in [0.15, 0.2) is 0 Å². The van der Waals surface area contributed by atoms with E-state index in [-0.39, 0.29) is 5.92 Å². The summed E-state index contributed by atoms with van der Waals surface area (Å²) in [5.74, 6) is -4.30. The number of amides is 1. The van der Waals surface area contributed by atoms with Crippen LogP contribution in [0.25, 0.3) is 0 Å². The summed E-state index contributed by atoms with van der Waals surface area (Å²) in [7, 11) is 0. The Morgan fingerprint density at radius 2 is 1.73 bits per heavy atom. The lowest BCUT2D eigenvalue weighted by atomic mass is 9.89. The van der Waals surface area contributed by atoms with Gasteiger partial charge >= 0.3 is 5.97 Å². The van der Waals surface area contributed by atoms with Gasteiger partial charge in [-0.1, -0.05) is 13.8 Å². The van der Waals surface area contributed by atoms with E-state index < -0.39 is 36.0 Å². The molecule has 0 spiro atoms. The Kier molecular flexibility index (Phi) is 4.93. The summed E-state index contributed by atoms with van der Waals surface area (Å²) >= 11 is 0. The Labute approximate surface area is 87.6 Å². The summed E-state index contributed by atoms with van der Waals surface area (Å²) in [5, 5.41) is 8.50. The minimum absolute atomic E-state index is 0.159. The number of carbonyl (C=O) groups excluding carboxylic acids is 2. The van der Waals surface area contributed by atoms with Gasteiger partial charge in [0.1, 0.15) is 5.92 Å². The first-order valence-corrected chi connectivity index (χ1v) is 4.57. The molecule has 0 heterocycles. The van der Waals surface area contributed by atoms with Gasteiger partial charge in [-0.3, -0.25) is 14.4 Å². The fourth-order valence-electron chi connectivity index (χ4n) is 1.08. The molecule has 6 heteroatoms. The van der Waals surface area contributed by atoms with Crippen molar-refractivity contribution in [2.45, 2.75) is 26.3 Å². The largest absolute Gasteiger partial charge is 0.481 e. The van der Waals surface area contributed by atoms with Crippen LogP contribution in [0.1, 0.15) is 20.3 Å². The van der Waals surface area contributed by atoms with Gasteiger partial charge in [0.25, 0.3) is 0 Å². The van der Waals surface area contributed by atoms with Gasteiger partial charge < -0.3 is 16.6 Å². The third-order valence-electron chi connectivity index (χ3n) is 2.11. The molecular weight excluding hydrogens is 200 g/mol. The average molecular weight is 216 g/mol. The van der Waals surface area contributed by atoms with Crippen LogP contribution < -0.4 is 11.5 Å². The van der Waals surface area contributed by atoms with Crippen LogP contribution in [0, 0.1) is 11.8 Å². The second-order valence-corrected chi connectivity index (χ2v) is 3.72. The standard InChI is InChI=1S/C9H16N2O4/c1-4(2)7(10)8(14)5(9(11)15)3-6(12)13/h4-5,7H,3,10H2,1-2H3,(H2,11,15)(H,12,13)/t5?,7-/m0/s1. The number of carboxylic acids is 1. The minimum Gasteiger partial charge on any atom is -0.481 e. The molecule has 0 saturated carbocycles. The summed E-state index contributed by atoms with van der Waals surface area (Å²) in [5.41, 5.74) is 10.5. The number of rotatable bonds is 6. The van der Waals surface area contributed by atoms with Gasteiger partial charge in [-0.2, -0.15) is 0 Å². The van der Waals surface area contributed by atoms with E-state index in [4.69, 9.17) is 16.6 Å². The Morgan fingerprint density at radius 3 is 2.00 bits per heavy atom. The number of carbonyl (C=O) groups is 3. The molecule has 0 bridgehead atoms. The fourth-order valence-corrected chi connectivity index (χ4v) is 1.08. The van der Waals surface area contributed by atoms with Crippen molar-refractivity contribution >= 4 is 17.7 Å². The lowest BCUT2D eigenvalue weighted by Gasteiger charge is -2.18. The van der Waals surface area contributed by atoms with Gasteiger partial charge in [0.05, 0.1) is 12.5 Å². The second-order valence-electron chi connectivity index (χ2n) is 3.72. The lowest BCUT2D eigenvalue weighted by Crippen LogP contribution is -2.44. The van der Waals surface area contributed by atoms with Gasteiger partial charge in [0, 0.05) is 0 Å². The summed E-state index contributed by atoms with van der Waals surface area (Å²) in [6.45, 7) is 3.42. The van der Waals surface area contributed by atoms with Crippen molar-refractivity contribution in [3.8, 4) is 0 Å². The third kappa shape index (κ3) is 4.07. The van der Waals surface area contributed by atoms with E-state index in [0.717, 1.165) is 0 Å². The second kappa shape index (κ2) is 5.45. The van der Waals surface area contributed by atoms with E-state index in [0.29, 0.717) is 0 Å². The molecule has 0 aromatic carbocycles. The van der Waals surface area contributed by atoms with Crippen molar-refractivity contribution < 1.29 is 19.5 Å². The van der Waals surface area contributed by atoms with Crippen molar-refractivity contribution in [2.75, 3.05) is 0 Å². The lowest BCUT2D eigenvalue weighted by molar-refractivity contribution is -0.144. The molecule has 0 aliphatic carbocycles. The average Bonchev–Trinajstić information content (AvgIpc) is 2.10. The Bertz CT molecular complexity index is 275. The van der Waals surface area contributed by atoms with Gasteiger partial charge in [-0.25, -0.2) is 0 Å². The highest BCUT2D eigenvalue weighted by Crippen LogP contribution is 2.11. The van der Waals surface area contributed by atoms with Crippen molar-refractivity contribution in [3.05, 3.63) is 0 Å². The van der Waals surface area contributed by atoms with Crippen LogP contribution in [0.2, 0.25) is 0 Å². The summed E-state index contributed by atoms with van der Waals surface area (Å²) in [6.07, 6.45) is -0.603. The highest BCUT2D eigenvalue weighted by molar-refractivity contribution is 6.05. The first-order chi connectivity index (χ1) is 6.77. The van der Waals surface area contributed by atoms with Crippen LogP contribution in [0.5, 0.6) is 0 Å². The highest BCUT2D eigenvalue weighted by atomic mass is 16.4. The van der Waals surface area contributed by atoms with Crippen molar-refractivity contribution in [1.29, 1.82) is 0 Å². The molecule has 1 unspecified atom stereocenters. The van der Waals surface area contributed by atoms with E-state index in [9.17, 15) is 14.4 Å². The molecule has 6 nitrogen and oxygen atoms in total. The summed E-state index contributed by atoms with van der Waals surface area (Å²) in [4.78, 5) is 32.9. The zero-order valence-electron chi connectivity index (χ0n) is 8.77. The molecule has 0 aromatic heterocycles. The first-order valence-electron chi connectivity index (χ1n) is 4.57. The van der Waals surface area contributed by atoms with Gasteiger partial charge in [-0.05, 0) is 5.92 Å². The number of nitrogens with two attached hydrogens (primary N) is 2. The topological polar surface area (TPSA) is 123 Å². The van der Waals surface area contributed by atoms with Crippen molar-refractivity contribution in [2.24, 2.45) is 23.3 Å². The molecule has 2 atom stereocenters. The van der Waals surface area contributed by atoms with Crippen LogP contribution in [-0.4, -0.2) is 28.8 Å². The monoisotopic (exact) mass is 216 g/mol. The van der Waals surface area contributed by atoms with Crippen molar-refractivity contribution in [1.82, 2.24) is 0 Å². The molecule has 0 saturated heterocycles. The zero-order chi connectivity index (χ0) is 12.2. The van der Waals surface area contributed by atoms with E-state index in [1.54, 1.807) is 13.8 Å². The zero-order valence-corrected chi connectivity index (χ0v) is 8.77. The molecule has 0 aliphatic rings. The van der Waals surface area contributed by atoms with Gasteiger partial charge in [0.15, 0.2) is 5.78 Å². The maximum absolute atomic E-state index is 11.6. The Hall–Kier alpha value is -1.43. The van der Waals surface area contributed by atoms with Crippen LogP contribution in [-0.2, 0) is 14.4 Å². The number of ketones is 1. The number of carboxylic acid groups (broad SMARTS) is 1. The molecule has 1 amide bonds. The van der Waals surface area contributed by atoms with Gasteiger partial charge in [-0.15, -0.1) is 0 Å². The number of hydrogen-bond donors (Lipinski definition) is 3. The number of Topliss-reactive ketones (excluding diaryl/α,β-unsaturated/α-hetero) is 1. The number of hydrogen-bond acceptors (Lipinski definition) is 4. The quantitative estimate of drug-likeness (QED) is 0.497. The smallest absolute Gasteiger partial charge is 0.304 e. The van der Waals surface area contributed by atoms with Crippen LogP contribution in [0.3, 0.4) is 0 Å². The predicted octanol–water partition coefficient (Wildman–Crippen LogP) is -0.885. The van der Waals surface area contributed by atoms with Crippen molar-refractivity contribution in [3.63, 3.8) is 0 Å².